The van der Waals surface area contributed by atoms with Gasteiger partial charge in [0.05, 0.1) is 30.7 Å². The predicted molar refractivity (Wildman–Crippen MR) is 91.7 cm³/mol. The molecule has 22 heavy (non-hydrogen) atoms. The van der Waals surface area contributed by atoms with Gasteiger partial charge in [0.1, 0.15) is 5.75 Å². The maximum absolute atomic E-state index is 12.1. The van der Waals surface area contributed by atoms with Crippen LogP contribution in [0.25, 0.3) is 0 Å². The smallest absolute Gasteiger partial charge is 0.251 e. The maximum atomic E-state index is 12.1. The van der Waals surface area contributed by atoms with E-state index in [0.717, 1.165) is 35.8 Å². The van der Waals surface area contributed by atoms with Crippen molar-refractivity contribution in [2.45, 2.75) is 38.6 Å². The molecule has 0 bridgehead atoms. The van der Waals surface area contributed by atoms with Gasteiger partial charge >= 0.3 is 0 Å². The van der Waals surface area contributed by atoms with E-state index in [1.807, 2.05) is 0 Å². The molecule has 122 valence electrons. The van der Waals surface area contributed by atoms with Gasteiger partial charge < -0.3 is 15.0 Å². The summed E-state index contributed by atoms with van der Waals surface area (Å²) in [5.41, 5.74) is 0.659. The highest BCUT2D eigenvalue weighted by Gasteiger charge is 2.20. The third-order valence-corrected chi connectivity index (χ3v) is 5.08. The lowest BCUT2D eigenvalue weighted by atomic mass is 10.0. The Bertz CT molecular complexity index is 507. The molecule has 4 nitrogen and oxygen atoms in total. The average molecular weight is 370 g/mol. The van der Waals surface area contributed by atoms with E-state index in [9.17, 15) is 4.79 Å². The highest BCUT2D eigenvalue weighted by atomic mass is 79.9. The molecule has 1 aromatic rings. The van der Waals surface area contributed by atoms with Crippen LogP contribution in [0, 0.1) is 0 Å². The fourth-order valence-corrected chi connectivity index (χ4v) is 3.59. The molecular weight excluding hydrogens is 344 g/mol. The first-order valence-corrected chi connectivity index (χ1v) is 8.87. The molecule has 1 aliphatic rings. The van der Waals surface area contributed by atoms with Crippen LogP contribution in [0.15, 0.2) is 22.7 Å². The lowest BCUT2D eigenvalue weighted by Gasteiger charge is -2.30. The van der Waals surface area contributed by atoms with E-state index >= 15 is 0 Å². The molecule has 0 aromatic heterocycles. The van der Waals surface area contributed by atoms with Crippen LogP contribution in [-0.4, -0.2) is 38.7 Å². The number of carbonyl (C=O) groups is 1. The average Bonchev–Trinajstić information content (AvgIpc) is 2.52. The minimum Gasteiger partial charge on any atom is -0.496 e. The van der Waals surface area contributed by atoms with E-state index in [0.29, 0.717) is 5.56 Å². The number of ether oxygens (including phenoxy) is 1. The number of hydrogen-bond acceptors (Lipinski definition) is 2. The van der Waals surface area contributed by atoms with Crippen molar-refractivity contribution in [3.05, 3.63) is 28.2 Å². The molecule has 1 aromatic carbocycles. The van der Waals surface area contributed by atoms with Crippen LogP contribution in [0.1, 0.15) is 43.0 Å². The summed E-state index contributed by atoms with van der Waals surface area (Å²) in [6, 6.07) is 6.16. The highest BCUT2D eigenvalue weighted by Crippen LogP contribution is 2.25. The first kappa shape index (κ1) is 17.3. The molecule has 5 heteroatoms. The molecular formula is C17H26BrN2O2+. The zero-order valence-corrected chi connectivity index (χ0v) is 15.0. The molecule has 0 spiro atoms. The van der Waals surface area contributed by atoms with Gasteiger partial charge in [-0.3, -0.25) is 4.79 Å². The number of methoxy groups -OCH3 is 1. The summed E-state index contributed by atoms with van der Waals surface area (Å²) >= 11 is 3.41. The Labute approximate surface area is 141 Å². The second-order valence-electron chi connectivity index (χ2n) is 6.01. The number of benzene rings is 1. The maximum Gasteiger partial charge on any atom is 0.251 e. The highest BCUT2D eigenvalue weighted by molar-refractivity contribution is 9.10. The van der Waals surface area contributed by atoms with Gasteiger partial charge in [0.25, 0.3) is 5.91 Å². The number of hydrogen-bond donors (Lipinski definition) is 2. The summed E-state index contributed by atoms with van der Waals surface area (Å²) in [4.78, 5) is 13.8. The van der Waals surface area contributed by atoms with Crippen molar-refractivity contribution in [3.8, 4) is 5.75 Å². The molecule has 1 amide bonds. The number of quaternary nitrogens is 1. The molecule has 1 heterocycles. The summed E-state index contributed by atoms with van der Waals surface area (Å²) < 4.78 is 5.97. The molecule has 2 rings (SSSR count). The van der Waals surface area contributed by atoms with Gasteiger partial charge in [-0.15, -0.1) is 0 Å². The summed E-state index contributed by atoms with van der Waals surface area (Å²) in [5, 5.41) is 3.00. The molecule has 1 aliphatic heterocycles. The van der Waals surface area contributed by atoms with E-state index in [-0.39, 0.29) is 5.91 Å². The molecule has 2 atom stereocenters. The van der Waals surface area contributed by atoms with Crippen LogP contribution in [0.4, 0.5) is 0 Å². The zero-order chi connectivity index (χ0) is 15.9. The van der Waals surface area contributed by atoms with Gasteiger partial charge in [0, 0.05) is 18.5 Å². The van der Waals surface area contributed by atoms with Crippen LogP contribution in [0.5, 0.6) is 5.75 Å². The molecule has 0 radical (unpaired) electrons. The van der Waals surface area contributed by atoms with Gasteiger partial charge in [-0.25, -0.2) is 0 Å². The lowest BCUT2D eigenvalue weighted by Crippen LogP contribution is -3.16. The van der Waals surface area contributed by atoms with Crippen LogP contribution in [-0.2, 0) is 0 Å². The zero-order valence-electron chi connectivity index (χ0n) is 13.5. The Morgan fingerprint density at radius 1 is 1.45 bits per heavy atom. The molecule has 2 N–H and O–H groups in total. The Balaban J connectivity index is 1.74. The molecule has 0 aliphatic carbocycles. The number of nitrogens with one attached hydrogen (secondary N) is 2. The van der Waals surface area contributed by atoms with Gasteiger partial charge in [0.15, 0.2) is 0 Å². The third-order valence-electron chi connectivity index (χ3n) is 4.46. The number of carbonyl (C=O) groups excluding carboxylic acids is 1. The quantitative estimate of drug-likeness (QED) is 0.753. The number of halogens is 1. The van der Waals surface area contributed by atoms with Crippen molar-refractivity contribution in [3.63, 3.8) is 0 Å². The summed E-state index contributed by atoms with van der Waals surface area (Å²) in [5.74, 6) is 0.712. The summed E-state index contributed by atoms with van der Waals surface area (Å²) in [6.45, 7) is 5.49. The minimum atomic E-state index is -0.0231. The molecule has 0 saturated carbocycles. The monoisotopic (exact) mass is 369 g/mol. The van der Waals surface area contributed by atoms with Crippen LogP contribution in [0.2, 0.25) is 0 Å². The van der Waals surface area contributed by atoms with E-state index < -0.39 is 0 Å². The van der Waals surface area contributed by atoms with Crippen molar-refractivity contribution in [2.24, 2.45) is 0 Å². The first-order valence-electron chi connectivity index (χ1n) is 8.08. The number of rotatable bonds is 6. The Morgan fingerprint density at radius 3 is 2.95 bits per heavy atom. The van der Waals surface area contributed by atoms with Crippen molar-refractivity contribution in [1.29, 1.82) is 0 Å². The molecule has 1 fully saturated rings. The summed E-state index contributed by atoms with van der Waals surface area (Å²) in [7, 11) is 1.61. The number of piperidine rings is 1. The van der Waals surface area contributed by atoms with Crippen molar-refractivity contribution in [1.82, 2.24) is 5.32 Å². The molecule has 1 saturated heterocycles. The number of likely N-dealkylation sites (tertiary alicyclic amines) is 1. The Hall–Kier alpha value is -1.07. The largest absolute Gasteiger partial charge is 0.496 e. The molecule has 1 unspecified atom stereocenters. The van der Waals surface area contributed by atoms with Gasteiger partial charge in [-0.05, 0) is 60.3 Å². The van der Waals surface area contributed by atoms with E-state index in [1.165, 1.54) is 25.8 Å². The second kappa shape index (κ2) is 8.53. The van der Waals surface area contributed by atoms with Gasteiger partial charge in [-0.1, -0.05) is 0 Å². The minimum absolute atomic E-state index is 0.0231. The van der Waals surface area contributed by atoms with Crippen molar-refractivity contribution in [2.75, 3.05) is 26.7 Å². The second-order valence-corrected chi connectivity index (χ2v) is 6.87. The predicted octanol–water partition coefficient (Wildman–Crippen LogP) is 2.03. The third kappa shape index (κ3) is 4.71. The standard InChI is InChI=1S/C17H25BrN2O2/c1-13-6-3-4-10-20(13)11-5-9-19-17(21)14-7-8-16(22-2)15(18)12-14/h7-8,12-13H,3-6,9-11H2,1-2H3,(H,19,21)/p+1/t13-/m1/s1. The normalized spacial score (nSPS) is 21.4. The number of amides is 1. The first-order chi connectivity index (χ1) is 10.6. The van der Waals surface area contributed by atoms with Crippen molar-refractivity contribution >= 4 is 21.8 Å². The van der Waals surface area contributed by atoms with E-state index in [2.05, 4.69) is 28.2 Å². The fourth-order valence-electron chi connectivity index (χ4n) is 3.05. The fraction of sp³-hybridized carbons (Fsp3) is 0.588. The van der Waals surface area contributed by atoms with Gasteiger partial charge in [0.2, 0.25) is 0 Å². The van der Waals surface area contributed by atoms with E-state index in [1.54, 1.807) is 30.2 Å². The van der Waals surface area contributed by atoms with Crippen LogP contribution >= 0.6 is 15.9 Å². The Morgan fingerprint density at radius 2 is 2.27 bits per heavy atom. The Kier molecular flexibility index (Phi) is 6.70. The van der Waals surface area contributed by atoms with Gasteiger partial charge in [-0.2, -0.15) is 0 Å². The van der Waals surface area contributed by atoms with Crippen molar-refractivity contribution < 1.29 is 14.4 Å². The lowest BCUT2D eigenvalue weighted by molar-refractivity contribution is -0.928. The topological polar surface area (TPSA) is 42.8 Å². The summed E-state index contributed by atoms with van der Waals surface area (Å²) in [6.07, 6.45) is 5.07. The van der Waals surface area contributed by atoms with Crippen LogP contribution < -0.4 is 15.0 Å². The van der Waals surface area contributed by atoms with Crippen LogP contribution in [0.3, 0.4) is 0 Å². The SMILES string of the molecule is COc1ccc(C(=O)NCCC[NH+]2CCCC[C@H]2C)cc1Br. The van der Waals surface area contributed by atoms with E-state index in [4.69, 9.17) is 4.74 Å².